The number of unbranched alkanes of at least 4 members (excludes halogenated alkanes) is 1. The number of hydrogen-bond donors (Lipinski definition) is 2. The predicted octanol–water partition coefficient (Wildman–Crippen LogP) is 4.81. The average Bonchev–Trinajstić information content (AvgIpc) is 2.54. The van der Waals surface area contributed by atoms with Crippen molar-refractivity contribution in [3.63, 3.8) is 0 Å². The van der Waals surface area contributed by atoms with E-state index >= 15 is 0 Å². The van der Waals surface area contributed by atoms with Crippen LogP contribution in [-0.4, -0.2) is 11.0 Å². The van der Waals surface area contributed by atoms with Gasteiger partial charge in [-0.2, -0.15) is 0 Å². The molecule has 2 rings (SSSR count). The van der Waals surface area contributed by atoms with Gasteiger partial charge in [0.15, 0.2) is 5.11 Å². The normalized spacial score (nSPS) is 10.2. The maximum atomic E-state index is 12.1. The van der Waals surface area contributed by atoms with Gasteiger partial charge in [-0.15, -0.1) is 0 Å². The molecule has 0 aromatic heterocycles. The van der Waals surface area contributed by atoms with Gasteiger partial charge in [-0.05, 0) is 61.0 Å². The molecule has 0 aliphatic heterocycles. The molecule has 3 nitrogen and oxygen atoms in total. The van der Waals surface area contributed by atoms with Crippen molar-refractivity contribution in [2.75, 3.05) is 5.32 Å². The molecule has 0 aliphatic rings. The Morgan fingerprint density at radius 3 is 2.57 bits per heavy atom. The molecule has 1 amide bonds. The van der Waals surface area contributed by atoms with Gasteiger partial charge in [0.05, 0.1) is 0 Å². The van der Waals surface area contributed by atoms with E-state index in [2.05, 4.69) is 29.7 Å². The molecule has 120 valence electrons. The highest BCUT2D eigenvalue weighted by atomic mass is 35.5. The van der Waals surface area contributed by atoms with Crippen molar-refractivity contribution in [1.82, 2.24) is 5.32 Å². The van der Waals surface area contributed by atoms with Crippen LogP contribution in [0.5, 0.6) is 0 Å². The zero-order valence-electron chi connectivity index (χ0n) is 12.9. The molecule has 2 aromatic rings. The van der Waals surface area contributed by atoms with Crippen molar-refractivity contribution in [3.05, 3.63) is 64.7 Å². The van der Waals surface area contributed by atoms with Crippen LogP contribution in [0.15, 0.2) is 48.5 Å². The average molecular weight is 347 g/mol. The lowest BCUT2D eigenvalue weighted by Gasteiger charge is -2.10. The molecule has 0 bridgehead atoms. The van der Waals surface area contributed by atoms with E-state index in [0.29, 0.717) is 10.6 Å². The fraction of sp³-hybridized carbons (Fsp3) is 0.222. The zero-order valence-corrected chi connectivity index (χ0v) is 14.5. The Labute approximate surface area is 147 Å². The second kappa shape index (κ2) is 8.65. The van der Waals surface area contributed by atoms with Gasteiger partial charge in [0.2, 0.25) is 0 Å². The Balaban J connectivity index is 1.90. The topological polar surface area (TPSA) is 41.1 Å². The zero-order chi connectivity index (χ0) is 16.7. The summed E-state index contributed by atoms with van der Waals surface area (Å²) < 4.78 is 0. The summed E-state index contributed by atoms with van der Waals surface area (Å²) in [4.78, 5) is 12.1. The highest BCUT2D eigenvalue weighted by Crippen LogP contribution is 2.13. The summed E-state index contributed by atoms with van der Waals surface area (Å²) in [5.41, 5.74) is 2.62. The highest BCUT2D eigenvalue weighted by Gasteiger charge is 2.08. The van der Waals surface area contributed by atoms with Gasteiger partial charge < -0.3 is 5.32 Å². The summed E-state index contributed by atoms with van der Waals surface area (Å²) in [6.45, 7) is 2.18. The second-order valence-electron chi connectivity index (χ2n) is 5.22. The third-order valence-electron chi connectivity index (χ3n) is 3.34. The van der Waals surface area contributed by atoms with E-state index in [1.54, 1.807) is 24.3 Å². The van der Waals surface area contributed by atoms with E-state index in [-0.39, 0.29) is 11.0 Å². The minimum Gasteiger partial charge on any atom is -0.332 e. The highest BCUT2D eigenvalue weighted by molar-refractivity contribution is 7.80. The van der Waals surface area contributed by atoms with Crippen LogP contribution in [0, 0.1) is 0 Å². The molecule has 0 fully saturated rings. The lowest BCUT2D eigenvalue weighted by Crippen LogP contribution is -2.34. The molecule has 23 heavy (non-hydrogen) atoms. The number of aryl methyl sites for hydroxylation is 1. The van der Waals surface area contributed by atoms with Gasteiger partial charge >= 0.3 is 0 Å². The third-order valence-corrected chi connectivity index (χ3v) is 3.78. The molecule has 0 aliphatic carbocycles. The lowest BCUT2D eigenvalue weighted by atomic mass is 10.1. The van der Waals surface area contributed by atoms with E-state index in [1.165, 1.54) is 18.4 Å². The Hall–Kier alpha value is -1.91. The predicted molar refractivity (Wildman–Crippen MR) is 100 cm³/mol. The lowest BCUT2D eigenvalue weighted by molar-refractivity contribution is 0.0977. The van der Waals surface area contributed by atoms with Crippen LogP contribution in [0.1, 0.15) is 35.7 Å². The number of anilines is 1. The number of amides is 1. The monoisotopic (exact) mass is 346 g/mol. The Kier molecular flexibility index (Phi) is 6.56. The first-order valence-electron chi connectivity index (χ1n) is 7.55. The van der Waals surface area contributed by atoms with Crippen LogP contribution in [0.3, 0.4) is 0 Å². The summed E-state index contributed by atoms with van der Waals surface area (Å²) in [6, 6.07) is 14.8. The fourth-order valence-electron chi connectivity index (χ4n) is 2.10. The maximum absolute atomic E-state index is 12.1. The van der Waals surface area contributed by atoms with Crippen molar-refractivity contribution >= 4 is 40.5 Å². The van der Waals surface area contributed by atoms with Crippen molar-refractivity contribution in [3.8, 4) is 0 Å². The van der Waals surface area contributed by atoms with Crippen LogP contribution in [0.4, 0.5) is 5.69 Å². The minimum atomic E-state index is -0.287. The van der Waals surface area contributed by atoms with Gasteiger partial charge in [-0.3, -0.25) is 10.1 Å². The van der Waals surface area contributed by atoms with Crippen molar-refractivity contribution in [2.45, 2.75) is 26.2 Å². The van der Waals surface area contributed by atoms with E-state index in [0.717, 1.165) is 12.1 Å². The molecular weight excluding hydrogens is 328 g/mol. The number of rotatable bonds is 5. The fourth-order valence-corrected chi connectivity index (χ4v) is 2.50. The minimum absolute atomic E-state index is 0.260. The number of carbonyl (C=O) groups excluding carboxylic acids is 1. The first-order chi connectivity index (χ1) is 11.1. The summed E-state index contributed by atoms with van der Waals surface area (Å²) in [6.07, 6.45) is 3.44. The third kappa shape index (κ3) is 5.66. The smallest absolute Gasteiger partial charge is 0.257 e. The molecule has 0 atom stereocenters. The molecular formula is C18H19ClN2OS. The molecule has 2 aromatic carbocycles. The van der Waals surface area contributed by atoms with Crippen molar-refractivity contribution in [1.29, 1.82) is 0 Å². The number of hydrogen-bond acceptors (Lipinski definition) is 2. The van der Waals surface area contributed by atoms with E-state index in [4.69, 9.17) is 23.8 Å². The number of halogens is 1. The molecule has 0 saturated heterocycles. The van der Waals surface area contributed by atoms with E-state index in [9.17, 15) is 4.79 Å². The summed E-state index contributed by atoms with van der Waals surface area (Å²) >= 11 is 11.0. The van der Waals surface area contributed by atoms with Crippen LogP contribution in [0.2, 0.25) is 5.02 Å². The molecule has 0 saturated carbocycles. The molecule has 0 radical (unpaired) electrons. The number of thiocarbonyl (C=S) groups is 1. The first-order valence-corrected chi connectivity index (χ1v) is 8.34. The van der Waals surface area contributed by atoms with Crippen LogP contribution in [0.25, 0.3) is 0 Å². The van der Waals surface area contributed by atoms with Crippen molar-refractivity contribution in [2.24, 2.45) is 0 Å². The summed E-state index contributed by atoms with van der Waals surface area (Å²) in [5.74, 6) is -0.287. The SMILES string of the molecule is CCCCc1ccc(NC(=S)NC(=O)c2cccc(Cl)c2)cc1. The molecule has 0 spiro atoms. The maximum Gasteiger partial charge on any atom is 0.257 e. The van der Waals surface area contributed by atoms with E-state index in [1.807, 2.05) is 12.1 Å². The van der Waals surface area contributed by atoms with Crippen molar-refractivity contribution < 1.29 is 4.79 Å². The van der Waals surface area contributed by atoms with Crippen LogP contribution >= 0.6 is 23.8 Å². The standard InChI is InChI=1S/C18H19ClN2OS/c1-2-3-5-13-8-10-16(11-9-13)20-18(23)21-17(22)14-6-4-7-15(19)12-14/h4,6-12H,2-3,5H2,1H3,(H2,20,21,22,23). The van der Waals surface area contributed by atoms with Gasteiger partial charge in [-0.25, -0.2) is 0 Å². The molecule has 5 heteroatoms. The van der Waals surface area contributed by atoms with Gasteiger partial charge in [0.1, 0.15) is 0 Å². The van der Waals surface area contributed by atoms with Crippen LogP contribution < -0.4 is 10.6 Å². The first kappa shape index (κ1) is 17.4. The summed E-state index contributed by atoms with van der Waals surface area (Å²) in [5, 5.41) is 6.42. The number of benzene rings is 2. The number of nitrogens with one attached hydrogen (secondary N) is 2. The Bertz CT molecular complexity index is 686. The Morgan fingerprint density at radius 2 is 1.91 bits per heavy atom. The van der Waals surface area contributed by atoms with Gasteiger partial charge in [0, 0.05) is 16.3 Å². The Morgan fingerprint density at radius 1 is 1.17 bits per heavy atom. The number of carbonyl (C=O) groups is 1. The quantitative estimate of drug-likeness (QED) is 0.763. The van der Waals surface area contributed by atoms with Crippen LogP contribution in [-0.2, 0) is 6.42 Å². The summed E-state index contributed by atoms with van der Waals surface area (Å²) in [7, 11) is 0. The van der Waals surface area contributed by atoms with E-state index < -0.39 is 0 Å². The largest absolute Gasteiger partial charge is 0.332 e. The van der Waals surface area contributed by atoms with Gasteiger partial charge in [0.25, 0.3) is 5.91 Å². The molecule has 0 unspecified atom stereocenters. The molecule has 2 N–H and O–H groups in total. The van der Waals surface area contributed by atoms with Gasteiger partial charge in [-0.1, -0.05) is 43.1 Å². The molecule has 0 heterocycles. The second-order valence-corrected chi connectivity index (χ2v) is 6.06.